The molecule has 1 amide bonds. The van der Waals surface area contributed by atoms with Crippen molar-refractivity contribution in [3.05, 3.63) is 84.7 Å². The van der Waals surface area contributed by atoms with Crippen LogP contribution in [0.4, 0.5) is 15.8 Å². The molecule has 0 unspecified atom stereocenters. The smallest absolute Gasteiger partial charge is 0.264 e. The number of carbonyl (C=O) groups excluding carboxylic acids is 1. The maximum Gasteiger partial charge on any atom is 0.264 e. The standard InChI is InChI=1S/C21H19FN2O4S/c1-28-19-10-12-20(13-11-19)29(26,27)24(18-8-3-2-4-9-18)15-21(25)23-17-7-5-6-16(22)14-17/h2-14H,15H2,1H3,(H,23,25). The van der Waals surface area contributed by atoms with E-state index < -0.39 is 28.3 Å². The second kappa shape index (κ2) is 8.74. The van der Waals surface area contributed by atoms with Gasteiger partial charge >= 0.3 is 0 Å². The molecule has 8 heteroatoms. The molecule has 3 aromatic carbocycles. The van der Waals surface area contributed by atoms with Gasteiger partial charge in [0.2, 0.25) is 5.91 Å². The van der Waals surface area contributed by atoms with Crippen LogP contribution in [0.2, 0.25) is 0 Å². The van der Waals surface area contributed by atoms with E-state index in [4.69, 9.17) is 4.74 Å². The van der Waals surface area contributed by atoms with Crippen molar-refractivity contribution in [3.63, 3.8) is 0 Å². The minimum atomic E-state index is -4.03. The van der Waals surface area contributed by atoms with E-state index in [0.717, 1.165) is 10.4 Å². The molecule has 29 heavy (non-hydrogen) atoms. The number of nitrogens with one attached hydrogen (secondary N) is 1. The molecule has 0 fully saturated rings. The van der Waals surface area contributed by atoms with E-state index in [-0.39, 0.29) is 10.6 Å². The topological polar surface area (TPSA) is 75.7 Å². The summed E-state index contributed by atoms with van der Waals surface area (Å²) in [5.41, 5.74) is 0.572. The number of benzene rings is 3. The first-order chi connectivity index (χ1) is 13.9. The van der Waals surface area contributed by atoms with Crippen LogP contribution >= 0.6 is 0 Å². The second-order valence-corrected chi connectivity index (χ2v) is 7.94. The first kappa shape index (κ1) is 20.3. The molecule has 0 heterocycles. The number of carbonyl (C=O) groups is 1. The predicted octanol–water partition coefficient (Wildman–Crippen LogP) is 3.67. The maximum atomic E-state index is 13.3. The van der Waals surface area contributed by atoms with Crippen LogP contribution < -0.4 is 14.4 Å². The lowest BCUT2D eigenvalue weighted by Gasteiger charge is -2.24. The van der Waals surface area contributed by atoms with Gasteiger partial charge in [0.25, 0.3) is 10.0 Å². The van der Waals surface area contributed by atoms with Crippen LogP contribution in [0, 0.1) is 5.82 Å². The average Bonchev–Trinajstić information content (AvgIpc) is 2.72. The maximum absolute atomic E-state index is 13.3. The van der Waals surface area contributed by atoms with Crippen molar-refractivity contribution in [3.8, 4) is 5.75 Å². The van der Waals surface area contributed by atoms with Crippen molar-refractivity contribution in [1.29, 1.82) is 0 Å². The number of hydrogen-bond acceptors (Lipinski definition) is 4. The number of methoxy groups -OCH3 is 1. The normalized spacial score (nSPS) is 11.0. The molecular formula is C21H19FN2O4S. The summed E-state index contributed by atoms with van der Waals surface area (Å²) >= 11 is 0. The van der Waals surface area contributed by atoms with Crippen LogP contribution in [0.25, 0.3) is 0 Å². The van der Waals surface area contributed by atoms with Crippen molar-refractivity contribution in [1.82, 2.24) is 0 Å². The Morgan fingerprint density at radius 3 is 2.31 bits per heavy atom. The predicted molar refractivity (Wildman–Crippen MR) is 109 cm³/mol. The third-order valence-corrected chi connectivity index (χ3v) is 5.88. The van der Waals surface area contributed by atoms with Crippen molar-refractivity contribution < 1.29 is 22.3 Å². The van der Waals surface area contributed by atoms with Crippen molar-refractivity contribution in [2.45, 2.75) is 4.90 Å². The zero-order valence-corrected chi connectivity index (χ0v) is 16.4. The van der Waals surface area contributed by atoms with Crippen LogP contribution in [-0.2, 0) is 14.8 Å². The quantitative estimate of drug-likeness (QED) is 0.640. The van der Waals surface area contributed by atoms with Gasteiger partial charge in [-0.05, 0) is 54.6 Å². The van der Waals surface area contributed by atoms with Gasteiger partial charge in [-0.2, -0.15) is 0 Å². The number of nitrogens with zero attached hydrogens (tertiary/aromatic N) is 1. The Kier molecular flexibility index (Phi) is 6.13. The monoisotopic (exact) mass is 414 g/mol. The Morgan fingerprint density at radius 1 is 1.00 bits per heavy atom. The molecule has 0 saturated carbocycles. The van der Waals surface area contributed by atoms with Gasteiger partial charge in [0.1, 0.15) is 18.1 Å². The van der Waals surface area contributed by atoms with Gasteiger partial charge in [-0.15, -0.1) is 0 Å². The summed E-state index contributed by atoms with van der Waals surface area (Å²) in [5.74, 6) is -0.593. The van der Waals surface area contributed by atoms with Crippen LogP contribution in [0.5, 0.6) is 5.75 Å². The number of ether oxygens (including phenoxy) is 1. The molecule has 0 atom stereocenters. The number of hydrogen-bond donors (Lipinski definition) is 1. The summed E-state index contributed by atoms with van der Waals surface area (Å²) in [6.07, 6.45) is 0. The Labute approximate surface area is 168 Å². The zero-order chi connectivity index (χ0) is 20.9. The summed E-state index contributed by atoms with van der Waals surface area (Å²) in [4.78, 5) is 12.5. The Balaban J connectivity index is 1.91. The van der Waals surface area contributed by atoms with E-state index in [0.29, 0.717) is 11.4 Å². The van der Waals surface area contributed by atoms with E-state index in [1.807, 2.05) is 0 Å². The summed E-state index contributed by atoms with van der Waals surface area (Å²) < 4.78 is 45.9. The van der Waals surface area contributed by atoms with Crippen LogP contribution in [0.15, 0.2) is 83.8 Å². The van der Waals surface area contributed by atoms with Crippen molar-refractivity contribution >= 4 is 27.3 Å². The van der Waals surface area contributed by atoms with Crippen LogP contribution in [0.3, 0.4) is 0 Å². The van der Waals surface area contributed by atoms with Gasteiger partial charge in [-0.1, -0.05) is 24.3 Å². The zero-order valence-electron chi connectivity index (χ0n) is 15.6. The molecule has 3 rings (SSSR count). The molecule has 0 aromatic heterocycles. The molecule has 3 aromatic rings. The summed E-state index contributed by atoms with van der Waals surface area (Å²) in [7, 11) is -2.55. The highest BCUT2D eigenvalue weighted by Crippen LogP contribution is 2.25. The van der Waals surface area contributed by atoms with Gasteiger partial charge in [-0.25, -0.2) is 12.8 Å². The summed E-state index contributed by atoms with van der Waals surface area (Å²) in [6.45, 7) is -0.477. The molecule has 0 bridgehead atoms. The van der Waals surface area contributed by atoms with Gasteiger partial charge in [0, 0.05) is 5.69 Å². The Hall–Kier alpha value is -3.39. The van der Waals surface area contributed by atoms with E-state index in [1.165, 1.54) is 49.6 Å². The highest BCUT2D eigenvalue weighted by Gasteiger charge is 2.27. The molecule has 6 nitrogen and oxygen atoms in total. The van der Waals surface area contributed by atoms with E-state index in [1.54, 1.807) is 30.3 Å². The van der Waals surface area contributed by atoms with E-state index >= 15 is 0 Å². The molecule has 0 aliphatic rings. The van der Waals surface area contributed by atoms with Gasteiger partial charge in [0.15, 0.2) is 0 Å². The average molecular weight is 414 g/mol. The summed E-state index contributed by atoms with van der Waals surface area (Å²) in [6, 6.07) is 19.5. The summed E-state index contributed by atoms with van der Waals surface area (Å²) in [5, 5.41) is 2.52. The lowest BCUT2D eigenvalue weighted by atomic mass is 10.3. The number of para-hydroxylation sites is 1. The molecule has 0 aliphatic heterocycles. The fourth-order valence-electron chi connectivity index (χ4n) is 2.68. The first-order valence-corrected chi connectivity index (χ1v) is 10.1. The highest BCUT2D eigenvalue weighted by molar-refractivity contribution is 7.92. The number of rotatable bonds is 7. The van der Waals surface area contributed by atoms with Crippen molar-refractivity contribution in [2.24, 2.45) is 0 Å². The second-order valence-electron chi connectivity index (χ2n) is 6.08. The first-order valence-electron chi connectivity index (χ1n) is 8.67. The third-order valence-electron chi connectivity index (χ3n) is 4.09. The fraction of sp³-hybridized carbons (Fsp3) is 0.0952. The minimum absolute atomic E-state index is 0.0145. The number of anilines is 2. The number of sulfonamides is 1. The fourth-order valence-corrected chi connectivity index (χ4v) is 4.10. The molecule has 0 saturated heterocycles. The van der Waals surface area contributed by atoms with Crippen LogP contribution in [0.1, 0.15) is 0 Å². The molecule has 0 aliphatic carbocycles. The molecule has 1 N–H and O–H groups in total. The van der Waals surface area contributed by atoms with Gasteiger partial charge in [-0.3, -0.25) is 9.10 Å². The molecule has 0 radical (unpaired) electrons. The van der Waals surface area contributed by atoms with Crippen LogP contribution in [-0.4, -0.2) is 28.0 Å². The lowest BCUT2D eigenvalue weighted by molar-refractivity contribution is -0.114. The number of halogens is 1. The largest absolute Gasteiger partial charge is 0.497 e. The minimum Gasteiger partial charge on any atom is -0.497 e. The molecular weight excluding hydrogens is 395 g/mol. The SMILES string of the molecule is COc1ccc(S(=O)(=O)N(CC(=O)Nc2cccc(F)c2)c2ccccc2)cc1. The van der Waals surface area contributed by atoms with E-state index in [2.05, 4.69) is 5.32 Å². The highest BCUT2D eigenvalue weighted by atomic mass is 32.2. The van der Waals surface area contributed by atoms with E-state index in [9.17, 15) is 17.6 Å². The Morgan fingerprint density at radius 2 is 1.69 bits per heavy atom. The van der Waals surface area contributed by atoms with Crippen molar-refractivity contribution in [2.75, 3.05) is 23.3 Å². The Bertz CT molecular complexity index is 1090. The third kappa shape index (κ3) is 4.91. The number of amides is 1. The molecule has 150 valence electrons. The molecule has 0 spiro atoms. The van der Waals surface area contributed by atoms with Gasteiger partial charge < -0.3 is 10.1 Å². The lowest BCUT2D eigenvalue weighted by Crippen LogP contribution is -2.38. The van der Waals surface area contributed by atoms with Gasteiger partial charge in [0.05, 0.1) is 17.7 Å².